The standard InChI is InChI=1S/C14H13ClN2O2/c1-9(10-4-2-3-5-12(10)15)17-13-8-16-7-6-11(13)14(18)19/h2-9,17H,1H3,(H,18,19). The number of aromatic carboxylic acids is 1. The van der Waals surface area contributed by atoms with E-state index in [9.17, 15) is 4.79 Å². The van der Waals surface area contributed by atoms with Gasteiger partial charge in [-0.1, -0.05) is 29.8 Å². The molecule has 1 aromatic heterocycles. The zero-order valence-electron chi connectivity index (χ0n) is 10.3. The highest BCUT2D eigenvalue weighted by molar-refractivity contribution is 6.31. The number of carbonyl (C=O) groups is 1. The third-order valence-electron chi connectivity index (χ3n) is 2.80. The second-order valence-corrected chi connectivity index (χ2v) is 4.52. The summed E-state index contributed by atoms with van der Waals surface area (Å²) in [7, 11) is 0. The lowest BCUT2D eigenvalue weighted by molar-refractivity contribution is 0.0698. The maximum absolute atomic E-state index is 11.1. The van der Waals surface area contributed by atoms with Gasteiger partial charge in [-0.15, -0.1) is 0 Å². The number of nitrogens with one attached hydrogen (secondary N) is 1. The molecule has 98 valence electrons. The minimum absolute atomic E-state index is 0.115. The number of carboxylic acid groups (broad SMARTS) is 1. The highest BCUT2D eigenvalue weighted by Crippen LogP contribution is 2.26. The van der Waals surface area contributed by atoms with Crippen LogP contribution < -0.4 is 5.32 Å². The fourth-order valence-electron chi connectivity index (χ4n) is 1.83. The topological polar surface area (TPSA) is 62.2 Å². The van der Waals surface area contributed by atoms with Gasteiger partial charge in [-0.25, -0.2) is 4.79 Å². The summed E-state index contributed by atoms with van der Waals surface area (Å²) in [5.41, 5.74) is 1.57. The molecule has 0 aliphatic heterocycles. The first-order valence-corrected chi connectivity index (χ1v) is 6.15. The third-order valence-corrected chi connectivity index (χ3v) is 3.14. The van der Waals surface area contributed by atoms with Gasteiger partial charge in [0.1, 0.15) is 0 Å². The largest absolute Gasteiger partial charge is 0.478 e. The van der Waals surface area contributed by atoms with Crippen molar-refractivity contribution in [2.24, 2.45) is 0 Å². The second kappa shape index (κ2) is 5.71. The van der Waals surface area contributed by atoms with Gasteiger partial charge in [-0.05, 0) is 24.6 Å². The number of hydrogen-bond donors (Lipinski definition) is 2. The van der Waals surface area contributed by atoms with Gasteiger partial charge in [0.05, 0.1) is 23.5 Å². The van der Waals surface area contributed by atoms with Gasteiger partial charge in [0.25, 0.3) is 0 Å². The van der Waals surface area contributed by atoms with Crippen molar-refractivity contribution in [3.63, 3.8) is 0 Å². The molecule has 2 N–H and O–H groups in total. The molecule has 0 aliphatic carbocycles. The van der Waals surface area contributed by atoms with Crippen molar-refractivity contribution in [1.82, 2.24) is 4.98 Å². The second-order valence-electron chi connectivity index (χ2n) is 4.11. The smallest absolute Gasteiger partial charge is 0.337 e. The van der Waals surface area contributed by atoms with Gasteiger partial charge in [-0.2, -0.15) is 0 Å². The van der Waals surface area contributed by atoms with Crippen molar-refractivity contribution >= 4 is 23.3 Å². The van der Waals surface area contributed by atoms with Crippen LogP contribution in [0.1, 0.15) is 28.9 Å². The van der Waals surface area contributed by atoms with Crippen LogP contribution in [0.2, 0.25) is 5.02 Å². The van der Waals surface area contributed by atoms with Crippen molar-refractivity contribution in [2.75, 3.05) is 5.32 Å². The van der Waals surface area contributed by atoms with Crippen LogP contribution >= 0.6 is 11.6 Å². The molecular formula is C14H13ClN2O2. The van der Waals surface area contributed by atoms with Crippen LogP contribution in [0.4, 0.5) is 5.69 Å². The van der Waals surface area contributed by atoms with Crippen molar-refractivity contribution in [3.05, 3.63) is 58.9 Å². The summed E-state index contributed by atoms with van der Waals surface area (Å²) in [6.07, 6.45) is 2.95. The molecule has 1 heterocycles. The summed E-state index contributed by atoms with van der Waals surface area (Å²) >= 11 is 6.12. The Kier molecular flexibility index (Phi) is 4.02. The molecule has 0 amide bonds. The minimum Gasteiger partial charge on any atom is -0.478 e. The molecule has 0 saturated carbocycles. The van der Waals surface area contributed by atoms with Crippen LogP contribution in [0.25, 0.3) is 0 Å². The molecular weight excluding hydrogens is 264 g/mol. The Hall–Kier alpha value is -2.07. The highest BCUT2D eigenvalue weighted by Gasteiger charge is 2.14. The molecule has 2 aromatic rings. The lowest BCUT2D eigenvalue weighted by atomic mass is 10.1. The van der Waals surface area contributed by atoms with Crippen LogP contribution in [0.15, 0.2) is 42.7 Å². The van der Waals surface area contributed by atoms with Gasteiger partial charge < -0.3 is 10.4 Å². The van der Waals surface area contributed by atoms with Gasteiger partial charge in [-0.3, -0.25) is 4.98 Å². The molecule has 0 saturated heterocycles. The van der Waals surface area contributed by atoms with Crippen LogP contribution in [0.3, 0.4) is 0 Å². The summed E-state index contributed by atoms with van der Waals surface area (Å²) in [5, 5.41) is 12.9. The van der Waals surface area contributed by atoms with E-state index in [2.05, 4.69) is 10.3 Å². The normalized spacial score (nSPS) is 11.9. The van der Waals surface area contributed by atoms with E-state index in [4.69, 9.17) is 16.7 Å². The van der Waals surface area contributed by atoms with E-state index in [0.29, 0.717) is 10.7 Å². The van der Waals surface area contributed by atoms with Crippen LogP contribution in [-0.4, -0.2) is 16.1 Å². The number of hydrogen-bond acceptors (Lipinski definition) is 3. The number of anilines is 1. The fourth-order valence-corrected chi connectivity index (χ4v) is 2.13. The molecule has 19 heavy (non-hydrogen) atoms. The number of halogens is 1. The molecule has 0 fully saturated rings. The molecule has 5 heteroatoms. The predicted octanol–water partition coefficient (Wildman–Crippen LogP) is 3.61. The third kappa shape index (κ3) is 3.03. The number of benzene rings is 1. The average Bonchev–Trinajstić information content (AvgIpc) is 2.39. The van der Waals surface area contributed by atoms with E-state index < -0.39 is 5.97 Å². The van der Waals surface area contributed by atoms with Gasteiger partial charge in [0.15, 0.2) is 0 Å². The first-order valence-electron chi connectivity index (χ1n) is 5.78. The highest BCUT2D eigenvalue weighted by atomic mass is 35.5. The Bertz CT molecular complexity index is 602. The summed E-state index contributed by atoms with van der Waals surface area (Å²) in [4.78, 5) is 15.1. The molecule has 1 atom stereocenters. The Morgan fingerprint density at radius 3 is 2.79 bits per heavy atom. The number of nitrogens with zero attached hydrogens (tertiary/aromatic N) is 1. The summed E-state index contributed by atoms with van der Waals surface area (Å²) in [6, 6.07) is 8.79. The van der Waals surface area contributed by atoms with Crippen molar-refractivity contribution in [1.29, 1.82) is 0 Å². The number of pyridine rings is 1. The molecule has 0 spiro atoms. The molecule has 4 nitrogen and oxygen atoms in total. The molecule has 0 bridgehead atoms. The summed E-state index contributed by atoms with van der Waals surface area (Å²) in [5.74, 6) is -0.990. The Morgan fingerprint density at radius 2 is 2.11 bits per heavy atom. The number of aromatic nitrogens is 1. The quantitative estimate of drug-likeness (QED) is 0.895. The number of rotatable bonds is 4. The van der Waals surface area contributed by atoms with E-state index in [1.165, 1.54) is 18.5 Å². The van der Waals surface area contributed by atoms with Crippen LogP contribution in [0.5, 0.6) is 0 Å². The first kappa shape index (κ1) is 13.4. The van der Waals surface area contributed by atoms with Gasteiger partial charge in [0, 0.05) is 11.2 Å². The van der Waals surface area contributed by atoms with E-state index in [1.807, 2.05) is 25.1 Å². The lowest BCUT2D eigenvalue weighted by Gasteiger charge is -2.17. The van der Waals surface area contributed by atoms with E-state index >= 15 is 0 Å². The Balaban J connectivity index is 2.27. The summed E-state index contributed by atoms with van der Waals surface area (Å²) < 4.78 is 0. The Morgan fingerprint density at radius 1 is 1.37 bits per heavy atom. The average molecular weight is 277 g/mol. The van der Waals surface area contributed by atoms with Crippen molar-refractivity contribution in [2.45, 2.75) is 13.0 Å². The minimum atomic E-state index is -0.990. The molecule has 1 unspecified atom stereocenters. The van der Waals surface area contributed by atoms with Crippen LogP contribution in [0, 0.1) is 0 Å². The first-order chi connectivity index (χ1) is 9.09. The maximum atomic E-state index is 11.1. The summed E-state index contributed by atoms with van der Waals surface area (Å²) in [6.45, 7) is 1.92. The molecule has 1 aromatic carbocycles. The Labute approximate surface area is 116 Å². The zero-order chi connectivity index (χ0) is 13.8. The molecule has 0 aliphatic rings. The van der Waals surface area contributed by atoms with E-state index in [-0.39, 0.29) is 11.6 Å². The molecule has 2 rings (SSSR count). The lowest BCUT2D eigenvalue weighted by Crippen LogP contribution is -2.11. The van der Waals surface area contributed by atoms with Crippen molar-refractivity contribution in [3.8, 4) is 0 Å². The SMILES string of the molecule is CC(Nc1cnccc1C(=O)O)c1ccccc1Cl. The van der Waals surface area contributed by atoms with E-state index in [1.54, 1.807) is 6.07 Å². The van der Waals surface area contributed by atoms with Crippen molar-refractivity contribution < 1.29 is 9.90 Å². The van der Waals surface area contributed by atoms with Gasteiger partial charge >= 0.3 is 5.97 Å². The van der Waals surface area contributed by atoms with Gasteiger partial charge in [0.2, 0.25) is 0 Å². The number of carboxylic acids is 1. The predicted molar refractivity (Wildman–Crippen MR) is 74.7 cm³/mol. The van der Waals surface area contributed by atoms with E-state index in [0.717, 1.165) is 5.56 Å². The monoisotopic (exact) mass is 276 g/mol. The zero-order valence-corrected chi connectivity index (χ0v) is 11.1. The molecule has 0 radical (unpaired) electrons. The van der Waals surface area contributed by atoms with Crippen LogP contribution in [-0.2, 0) is 0 Å². The maximum Gasteiger partial charge on any atom is 0.337 e. The fraction of sp³-hybridized carbons (Fsp3) is 0.143.